The van der Waals surface area contributed by atoms with Gasteiger partial charge in [0, 0.05) is 30.0 Å². The highest BCUT2D eigenvalue weighted by Crippen LogP contribution is 2.24. The SMILES string of the molecule is Cn1nccc1C(=O)Cc1ncccc1-n1cnc(Cn2nc(-c3ccc(Cl)cc3)n(C[C@H](O)C(F)(F)F)c2=O)n1. The standard InChI is InChI=1S/C25H21ClF3N9O3/c1-35-19(8-10-32-35)20(39)11-17-18(3-2-9-30-17)38-14-31-22(33-38)13-37-24(41)36(12-21(40)25(27,28)29)23(34-37)15-4-6-16(26)7-5-15/h2-10,14,21,40H,11-13H2,1H3/t21-/m0/s1. The summed E-state index contributed by atoms with van der Waals surface area (Å²) in [5.74, 6) is -0.195. The first kappa shape index (κ1) is 27.9. The predicted molar refractivity (Wildman–Crippen MR) is 138 cm³/mol. The Morgan fingerprint density at radius 1 is 1.07 bits per heavy atom. The Morgan fingerprint density at radius 2 is 1.83 bits per heavy atom. The van der Waals surface area contributed by atoms with E-state index in [9.17, 15) is 27.9 Å². The topological polar surface area (TPSA) is 139 Å². The number of aryl methyl sites for hydroxylation is 1. The number of aliphatic hydroxyl groups is 1. The van der Waals surface area contributed by atoms with E-state index < -0.39 is 24.5 Å². The zero-order valence-corrected chi connectivity index (χ0v) is 22.0. The molecule has 4 heterocycles. The van der Waals surface area contributed by atoms with Gasteiger partial charge in [-0.05, 0) is 42.5 Å². The molecule has 12 nitrogen and oxygen atoms in total. The van der Waals surface area contributed by atoms with Gasteiger partial charge in [0.2, 0.25) is 0 Å². The molecule has 0 bridgehead atoms. The largest absolute Gasteiger partial charge is 0.416 e. The molecule has 212 valence electrons. The summed E-state index contributed by atoms with van der Waals surface area (Å²) >= 11 is 5.92. The number of carbonyl (C=O) groups excluding carboxylic acids is 1. The molecule has 0 aliphatic carbocycles. The van der Waals surface area contributed by atoms with Crippen molar-refractivity contribution in [2.24, 2.45) is 7.05 Å². The van der Waals surface area contributed by atoms with Crippen LogP contribution in [0.25, 0.3) is 17.1 Å². The van der Waals surface area contributed by atoms with Crippen molar-refractivity contribution >= 4 is 17.4 Å². The molecule has 0 aliphatic rings. The number of pyridine rings is 1. The van der Waals surface area contributed by atoms with Crippen LogP contribution >= 0.6 is 11.6 Å². The third kappa shape index (κ3) is 5.95. The molecule has 5 aromatic rings. The van der Waals surface area contributed by atoms with E-state index in [1.165, 1.54) is 52.4 Å². The monoisotopic (exact) mass is 587 g/mol. The number of hydrogen-bond donors (Lipinski definition) is 1. The smallest absolute Gasteiger partial charge is 0.382 e. The molecule has 0 amide bonds. The number of halogens is 4. The average molecular weight is 588 g/mol. The first-order valence-corrected chi connectivity index (χ1v) is 12.4. The highest BCUT2D eigenvalue weighted by molar-refractivity contribution is 6.30. The van der Waals surface area contributed by atoms with Crippen LogP contribution in [0.2, 0.25) is 5.02 Å². The number of carbonyl (C=O) groups is 1. The maximum Gasteiger partial charge on any atom is 0.416 e. The van der Waals surface area contributed by atoms with E-state index in [0.29, 0.717) is 27.7 Å². The quantitative estimate of drug-likeness (QED) is 0.260. The van der Waals surface area contributed by atoms with Crippen molar-refractivity contribution < 1.29 is 23.1 Å². The maximum absolute atomic E-state index is 13.1. The number of aliphatic hydroxyl groups excluding tert-OH is 1. The van der Waals surface area contributed by atoms with Crippen LogP contribution in [0.5, 0.6) is 0 Å². The van der Waals surface area contributed by atoms with Gasteiger partial charge >= 0.3 is 11.9 Å². The third-order valence-electron chi connectivity index (χ3n) is 6.14. The lowest BCUT2D eigenvalue weighted by Crippen LogP contribution is -2.37. The van der Waals surface area contributed by atoms with Crippen molar-refractivity contribution in [1.29, 1.82) is 0 Å². The Morgan fingerprint density at radius 3 is 2.51 bits per heavy atom. The first-order chi connectivity index (χ1) is 19.5. The molecule has 0 saturated heterocycles. The number of benzene rings is 1. The van der Waals surface area contributed by atoms with E-state index in [0.717, 1.165) is 9.25 Å². The average Bonchev–Trinajstić information content (AvgIpc) is 3.65. The number of nitrogens with zero attached hydrogens (tertiary/aromatic N) is 9. The second-order valence-corrected chi connectivity index (χ2v) is 9.39. The second kappa shape index (κ2) is 11.1. The van der Waals surface area contributed by atoms with Crippen LogP contribution in [-0.4, -0.2) is 67.0 Å². The fraction of sp³-hybridized carbons (Fsp3) is 0.240. The lowest BCUT2D eigenvalue weighted by molar-refractivity contribution is -0.207. The van der Waals surface area contributed by atoms with Gasteiger partial charge in [-0.3, -0.25) is 19.0 Å². The second-order valence-electron chi connectivity index (χ2n) is 8.95. The van der Waals surface area contributed by atoms with Crippen molar-refractivity contribution in [2.75, 3.05) is 0 Å². The number of aromatic nitrogens is 9. The fourth-order valence-corrected chi connectivity index (χ4v) is 4.21. The summed E-state index contributed by atoms with van der Waals surface area (Å²) in [6.07, 6.45) is -3.37. The normalized spacial score (nSPS) is 12.5. The molecular formula is C25H21ClF3N9O3. The molecule has 41 heavy (non-hydrogen) atoms. The minimum Gasteiger partial charge on any atom is -0.382 e. The summed E-state index contributed by atoms with van der Waals surface area (Å²) in [5.41, 5.74) is 0.704. The van der Waals surface area contributed by atoms with Crippen LogP contribution in [0.1, 0.15) is 22.0 Å². The summed E-state index contributed by atoms with van der Waals surface area (Å²) in [5, 5.41) is 22.6. The van der Waals surface area contributed by atoms with Gasteiger partial charge in [0.05, 0.1) is 24.3 Å². The molecule has 16 heteroatoms. The number of alkyl halides is 3. The van der Waals surface area contributed by atoms with Gasteiger partial charge in [0.1, 0.15) is 18.6 Å². The van der Waals surface area contributed by atoms with E-state index in [1.54, 1.807) is 25.2 Å². The van der Waals surface area contributed by atoms with Gasteiger partial charge < -0.3 is 5.11 Å². The molecule has 1 N–H and O–H groups in total. The van der Waals surface area contributed by atoms with Crippen LogP contribution in [0.4, 0.5) is 13.2 Å². The summed E-state index contributed by atoms with van der Waals surface area (Å²) < 4.78 is 43.8. The third-order valence-corrected chi connectivity index (χ3v) is 6.39. The summed E-state index contributed by atoms with van der Waals surface area (Å²) in [4.78, 5) is 34.4. The van der Waals surface area contributed by atoms with Crippen molar-refractivity contribution in [3.05, 3.63) is 93.9 Å². The van der Waals surface area contributed by atoms with Gasteiger partial charge in [-0.15, -0.1) is 10.2 Å². The van der Waals surface area contributed by atoms with Crippen molar-refractivity contribution in [1.82, 2.24) is 43.9 Å². The number of ketones is 1. The van der Waals surface area contributed by atoms with E-state index in [4.69, 9.17) is 11.6 Å². The predicted octanol–water partition coefficient (Wildman–Crippen LogP) is 2.47. The highest BCUT2D eigenvalue weighted by Gasteiger charge is 2.39. The Bertz CT molecular complexity index is 1760. The number of hydrogen-bond acceptors (Lipinski definition) is 8. The molecule has 4 aromatic heterocycles. The lowest BCUT2D eigenvalue weighted by Gasteiger charge is -2.15. The van der Waals surface area contributed by atoms with Gasteiger partial charge in [-0.25, -0.2) is 19.1 Å². The maximum atomic E-state index is 13.1. The molecule has 0 spiro atoms. The van der Waals surface area contributed by atoms with E-state index >= 15 is 0 Å². The zero-order chi connectivity index (χ0) is 29.3. The van der Waals surface area contributed by atoms with Crippen molar-refractivity contribution in [2.45, 2.75) is 31.8 Å². The van der Waals surface area contributed by atoms with Crippen molar-refractivity contribution in [3.8, 4) is 17.1 Å². The van der Waals surface area contributed by atoms with E-state index in [2.05, 4.69) is 25.3 Å². The zero-order valence-electron chi connectivity index (χ0n) is 21.3. The summed E-state index contributed by atoms with van der Waals surface area (Å²) in [6.45, 7) is -1.35. The summed E-state index contributed by atoms with van der Waals surface area (Å²) in [6, 6.07) is 10.9. The summed E-state index contributed by atoms with van der Waals surface area (Å²) in [7, 11) is 1.65. The Hall–Kier alpha value is -4.63. The Balaban J connectivity index is 1.44. The van der Waals surface area contributed by atoms with E-state index in [-0.39, 0.29) is 30.4 Å². The molecular weight excluding hydrogens is 567 g/mol. The fourth-order valence-electron chi connectivity index (χ4n) is 4.08. The van der Waals surface area contributed by atoms with Gasteiger partial charge in [-0.1, -0.05) is 11.6 Å². The number of Topliss-reactive ketones (excluding diaryl/α,β-unsaturated/α-hetero) is 1. The molecule has 0 unspecified atom stereocenters. The first-order valence-electron chi connectivity index (χ1n) is 12.1. The van der Waals surface area contributed by atoms with Crippen molar-refractivity contribution in [3.63, 3.8) is 0 Å². The minimum atomic E-state index is -4.95. The van der Waals surface area contributed by atoms with Crippen LogP contribution in [0.3, 0.4) is 0 Å². The molecule has 0 aliphatic heterocycles. The molecule has 0 fully saturated rings. The van der Waals surface area contributed by atoms with Crippen LogP contribution in [0.15, 0.2) is 66.0 Å². The molecule has 5 rings (SSSR count). The molecule has 1 aromatic carbocycles. The van der Waals surface area contributed by atoms with Gasteiger partial charge in [0.15, 0.2) is 23.5 Å². The van der Waals surface area contributed by atoms with E-state index in [1.807, 2.05) is 0 Å². The van der Waals surface area contributed by atoms with Crippen LogP contribution in [-0.2, 0) is 26.6 Å². The Kier molecular flexibility index (Phi) is 7.55. The van der Waals surface area contributed by atoms with Crippen LogP contribution in [0, 0.1) is 0 Å². The molecule has 0 radical (unpaired) electrons. The lowest BCUT2D eigenvalue weighted by atomic mass is 10.1. The number of rotatable bonds is 9. The molecule has 1 atom stereocenters. The molecule has 0 saturated carbocycles. The Labute approximate surface area is 234 Å². The van der Waals surface area contributed by atoms with Crippen LogP contribution < -0.4 is 5.69 Å². The minimum absolute atomic E-state index is 0.0409. The van der Waals surface area contributed by atoms with Gasteiger partial charge in [0.25, 0.3) is 0 Å². The van der Waals surface area contributed by atoms with Gasteiger partial charge in [-0.2, -0.15) is 18.3 Å². The highest BCUT2D eigenvalue weighted by atomic mass is 35.5.